The molecule has 4 heteroatoms. The smallest absolute Gasteiger partial charge is 0.164 e. The lowest BCUT2D eigenvalue weighted by atomic mass is 9.77. The summed E-state index contributed by atoms with van der Waals surface area (Å²) in [4.78, 5) is 17.7. The Morgan fingerprint density at radius 2 is 0.953 bits per heavy atom. The zero-order valence-electron chi connectivity index (χ0n) is 24.7. The molecule has 1 aromatic heterocycles. The maximum absolute atomic E-state index is 5.12. The maximum Gasteiger partial charge on any atom is 0.164 e. The van der Waals surface area contributed by atoms with Crippen molar-refractivity contribution in [1.82, 2.24) is 15.0 Å². The van der Waals surface area contributed by atoms with E-state index in [1.54, 1.807) is 0 Å². The fraction of sp³-hybridized carbons (Fsp3) is 0.154. The van der Waals surface area contributed by atoms with Crippen molar-refractivity contribution < 1.29 is 0 Å². The Kier molecular flexibility index (Phi) is 5.76. The van der Waals surface area contributed by atoms with E-state index in [4.69, 9.17) is 15.0 Å². The van der Waals surface area contributed by atoms with Gasteiger partial charge in [-0.3, -0.25) is 0 Å². The average Bonchev–Trinajstić information content (AvgIpc) is 3.27. The molecule has 2 aliphatic rings. The van der Waals surface area contributed by atoms with Crippen LogP contribution in [-0.2, 0) is 10.8 Å². The van der Waals surface area contributed by atoms with Crippen molar-refractivity contribution >= 4 is 11.8 Å². The quantitative estimate of drug-likeness (QED) is 0.211. The number of aromatic nitrogens is 3. The molecule has 0 radical (unpaired) electrons. The second-order valence-electron chi connectivity index (χ2n) is 12.5. The number of hydrogen-bond donors (Lipinski definition) is 0. The number of benzene rings is 5. The van der Waals surface area contributed by atoms with Gasteiger partial charge in [0, 0.05) is 37.3 Å². The topological polar surface area (TPSA) is 38.7 Å². The highest BCUT2D eigenvalue weighted by molar-refractivity contribution is 7.99. The fourth-order valence-electron chi connectivity index (χ4n) is 6.79. The number of fused-ring (bicyclic) bond motifs is 5. The summed E-state index contributed by atoms with van der Waals surface area (Å²) in [5.74, 6) is 2.06. The van der Waals surface area contributed by atoms with Crippen LogP contribution < -0.4 is 0 Å². The van der Waals surface area contributed by atoms with Crippen LogP contribution in [-0.4, -0.2) is 15.0 Å². The molecule has 0 unspecified atom stereocenters. The zero-order valence-corrected chi connectivity index (χ0v) is 25.5. The van der Waals surface area contributed by atoms with Gasteiger partial charge in [0.05, 0.1) is 0 Å². The minimum Gasteiger partial charge on any atom is -0.208 e. The third-order valence-corrected chi connectivity index (χ3v) is 10.3. The molecule has 0 N–H and O–H groups in total. The van der Waals surface area contributed by atoms with Gasteiger partial charge >= 0.3 is 0 Å². The van der Waals surface area contributed by atoms with Crippen molar-refractivity contribution in [3.05, 3.63) is 138 Å². The van der Waals surface area contributed by atoms with Crippen LogP contribution in [0.1, 0.15) is 49.9 Å². The van der Waals surface area contributed by atoms with Gasteiger partial charge < -0.3 is 0 Å². The molecule has 0 fully saturated rings. The molecular weight excluding hydrogens is 543 g/mol. The van der Waals surface area contributed by atoms with E-state index in [1.807, 2.05) is 30.0 Å². The second kappa shape index (κ2) is 9.48. The average molecular weight is 574 g/mol. The van der Waals surface area contributed by atoms with E-state index >= 15 is 0 Å². The summed E-state index contributed by atoms with van der Waals surface area (Å²) in [7, 11) is 0. The molecule has 1 aliphatic heterocycles. The lowest BCUT2D eigenvalue weighted by Gasteiger charge is -2.34. The molecule has 8 rings (SSSR count). The number of rotatable bonds is 3. The highest BCUT2D eigenvalue weighted by Crippen LogP contribution is 2.51. The number of nitrogens with zero attached hydrogens (tertiary/aromatic N) is 3. The number of hydrogen-bond acceptors (Lipinski definition) is 4. The monoisotopic (exact) mass is 573 g/mol. The second-order valence-corrected chi connectivity index (χ2v) is 13.6. The first-order chi connectivity index (χ1) is 20.8. The zero-order chi connectivity index (χ0) is 29.3. The van der Waals surface area contributed by atoms with E-state index in [0.29, 0.717) is 17.5 Å². The molecule has 0 bridgehead atoms. The molecule has 0 amide bonds. The minimum atomic E-state index is -0.0983. The molecule has 0 spiro atoms. The normalized spacial score (nSPS) is 15.3. The third kappa shape index (κ3) is 4.08. The van der Waals surface area contributed by atoms with Crippen LogP contribution in [0, 0.1) is 0 Å². The fourth-order valence-corrected chi connectivity index (χ4v) is 8.23. The van der Waals surface area contributed by atoms with Crippen molar-refractivity contribution in [2.45, 2.75) is 48.3 Å². The van der Waals surface area contributed by atoms with Gasteiger partial charge in [0.2, 0.25) is 0 Å². The Hall–Kier alpha value is -4.54. The summed E-state index contributed by atoms with van der Waals surface area (Å²) < 4.78 is 0. The van der Waals surface area contributed by atoms with Crippen molar-refractivity contribution in [3.8, 4) is 45.3 Å². The van der Waals surface area contributed by atoms with Crippen molar-refractivity contribution in [2.24, 2.45) is 0 Å². The molecule has 208 valence electrons. The van der Waals surface area contributed by atoms with Gasteiger partial charge in [0.15, 0.2) is 17.5 Å². The Bertz CT molecular complexity index is 2060. The Balaban J connectivity index is 1.28. The Morgan fingerprint density at radius 3 is 1.72 bits per heavy atom. The maximum atomic E-state index is 5.12. The predicted molar refractivity (Wildman–Crippen MR) is 176 cm³/mol. The standard InChI is InChI=1S/C39H31N3S/c1-38(2)29-15-9-8-14-27(29)28-20-18-25(22-32(28)38)36-40-35(24-12-6-5-7-13-24)41-37(42-36)26-19-21-31-34(23-26)43-33-17-11-10-16-30(33)39(31,3)4/h5-23H,1-4H3. The van der Waals surface area contributed by atoms with E-state index in [2.05, 4.69) is 125 Å². The van der Waals surface area contributed by atoms with Gasteiger partial charge in [0.25, 0.3) is 0 Å². The summed E-state index contributed by atoms with van der Waals surface area (Å²) in [5, 5.41) is 0. The molecule has 0 atom stereocenters. The first kappa shape index (κ1) is 26.1. The molecule has 3 nitrogen and oxygen atoms in total. The lowest BCUT2D eigenvalue weighted by Crippen LogP contribution is -2.23. The molecule has 2 heterocycles. The SMILES string of the molecule is CC1(C)c2ccccc2Sc2cc(-c3nc(-c4ccccc4)nc(-c4ccc5c(c4)C(C)(C)c4ccccc4-5)n3)ccc21. The van der Waals surface area contributed by atoms with Crippen LogP contribution in [0.15, 0.2) is 125 Å². The van der Waals surface area contributed by atoms with Gasteiger partial charge in [0.1, 0.15) is 0 Å². The Labute approximate surface area is 257 Å². The van der Waals surface area contributed by atoms with E-state index in [9.17, 15) is 0 Å². The molecule has 6 aromatic rings. The van der Waals surface area contributed by atoms with E-state index in [-0.39, 0.29) is 10.8 Å². The molecule has 0 saturated carbocycles. The van der Waals surface area contributed by atoms with E-state index < -0.39 is 0 Å². The Morgan fingerprint density at radius 1 is 0.419 bits per heavy atom. The van der Waals surface area contributed by atoms with E-state index in [1.165, 1.54) is 43.2 Å². The van der Waals surface area contributed by atoms with Crippen LogP contribution in [0.3, 0.4) is 0 Å². The molecular formula is C39H31N3S. The summed E-state index contributed by atoms with van der Waals surface area (Å²) in [6, 6.07) is 41.0. The molecule has 1 aliphatic carbocycles. The van der Waals surface area contributed by atoms with Gasteiger partial charge in [-0.25, -0.2) is 15.0 Å². The van der Waals surface area contributed by atoms with Crippen LogP contribution in [0.5, 0.6) is 0 Å². The largest absolute Gasteiger partial charge is 0.208 e. The first-order valence-corrected chi connectivity index (χ1v) is 15.6. The minimum absolute atomic E-state index is 0.0794. The van der Waals surface area contributed by atoms with Crippen LogP contribution in [0.2, 0.25) is 0 Å². The molecule has 43 heavy (non-hydrogen) atoms. The summed E-state index contributed by atoms with van der Waals surface area (Å²) in [6.07, 6.45) is 0. The van der Waals surface area contributed by atoms with Gasteiger partial charge in [-0.1, -0.05) is 137 Å². The molecule has 0 saturated heterocycles. The van der Waals surface area contributed by atoms with Crippen LogP contribution >= 0.6 is 11.8 Å². The molecule has 5 aromatic carbocycles. The van der Waals surface area contributed by atoms with Gasteiger partial charge in [-0.2, -0.15) is 0 Å². The van der Waals surface area contributed by atoms with Crippen LogP contribution in [0.25, 0.3) is 45.3 Å². The van der Waals surface area contributed by atoms with Crippen molar-refractivity contribution in [1.29, 1.82) is 0 Å². The summed E-state index contributed by atoms with van der Waals surface area (Å²) in [6.45, 7) is 9.23. The highest BCUT2D eigenvalue weighted by atomic mass is 32.2. The van der Waals surface area contributed by atoms with Gasteiger partial charge in [-0.15, -0.1) is 0 Å². The third-order valence-electron chi connectivity index (χ3n) is 9.20. The van der Waals surface area contributed by atoms with Crippen molar-refractivity contribution in [2.75, 3.05) is 0 Å². The first-order valence-electron chi connectivity index (χ1n) is 14.8. The van der Waals surface area contributed by atoms with Crippen LogP contribution in [0.4, 0.5) is 0 Å². The lowest BCUT2D eigenvalue weighted by molar-refractivity contribution is 0.607. The van der Waals surface area contributed by atoms with Gasteiger partial charge in [-0.05, 0) is 51.6 Å². The summed E-state index contributed by atoms with van der Waals surface area (Å²) in [5.41, 5.74) is 10.8. The summed E-state index contributed by atoms with van der Waals surface area (Å²) >= 11 is 1.83. The predicted octanol–water partition coefficient (Wildman–Crippen LogP) is 9.97. The highest BCUT2D eigenvalue weighted by Gasteiger charge is 2.36. The van der Waals surface area contributed by atoms with Crippen molar-refractivity contribution in [3.63, 3.8) is 0 Å². The van der Waals surface area contributed by atoms with E-state index in [0.717, 1.165) is 16.7 Å².